The van der Waals surface area contributed by atoms with E-state index < -0.39 is 0 Å². The molecule has 0 bridgehead atoms. The van der Waals surface area contributed by atoms with Crippen molar-refractivity contribution in [3.05, 3.63) is 28.8 Å². The van der Waals surface area contributed by atoms with Crippen LogP contribution in [0.1, 0.15) is 31.7 Å². The van der Waals surface area contributed by atoms with E-state index >= 15 is 0 Å². The van der Waals surface area contributed by atoms with Crippen LogP contribution in [-0.4, -0.2) is 29.8 Å². The molecule has 4 nitrogen and oxygen atoms in total. The van der Waals surface area contributed by atoms with E-state index in [0.29, 0.717) is 16.6 Å². The maximum absolute atomic E-state index is 12.1. The minimum atomic E-state index is -0.288. The Kier molecular flexibility index (Phi) is 5.23. The Hall–Kier alpha value is -1.55. The molecule has 1 aliphatic rings. The monoisotopic (exact) mass is 308 g/mol. The quantitative estimate of drug-likeness (QED) is 0.872. The highest BCUT2D eigenvalue weighted by atomic mass is 35.5. The van der Waals surface area contributed by atoms with Gasteiger partial charge in [0.05, 0.1) is 0 Å². The van der Waals surface area contributed by atoms with E-state index in [1.54, 1.807) is 17.0 Å². The third-order valence-electron chi connectivity index (χ3n) is 3.92. The Morgan fingerprint density at radius 1 is 1.33 bits per heavy atom. The molecule has 2 amide bonds. The van der Waals surface area contributed by atoms with Gasteiger partial charge in [0.25, 0.3) is 0 Å². The molecular formula is C16H21ClN2O2. The minimum Gasteiger partial charge on any atom is -0.342 e. The molecular weight excluding hydrogens is 288 g/mol. The lowest BCUT2D eigenvalue weighted by Gasteiger charge is -2.30. The van der Waals surface area contributed by atoms with Gasteiger partial charge in [0, 0.05) is 23.8 Å². The summed E-state index contributed by atoms with van der Waals surface area (Å²) in [4.78, 5) is 25.9. The third-order valence-corrected chi connectivity index (χ3v) is 4.16. The van der Waals surface area contributed by atoms with E-state index in [1.807, 2.05) is 13.0 Å². The number of aryl methyl sites for hydroxylation is 1. The molecule has 1 aromatic carbocycles. The van der Waals surface area contributed by atoms with Gasteiger partial charge in [0.1, 0.15) is 6.42 Å². The zero-order chi connectivity index (χ0) is 15.4. The predicted molar refractivity (Wildman–Crippen MR) is 84.4 cm³/mol. The van der Waals surface area contributed by atoms with Gasteiger partial charge in [0.2, 0.25) is 11.8 Å². The fourth-order valence-electron chi connectivity index (χ4n) is 2.43. The average molecular weight is 309 g/mol. The fraction of sp³-hybridized carbons (Fsp3) is 0.500. The number of halogens is 1. The van der Waals surface area contributed by atoms with Gasteiger partial charge >= 0.3 is 0 Å². The van der Waals surface area contributed by atoms with Gasteiger partial charge in [-0.25, -0.2) is 0 Å². The Morgan fingerprint density at radius 3 is 2.67 bits per heavy atom. The summed E-state index contributed by atoms with van der Waals surface area (Å²) < 4.78 is 0. The van der Waals surface area contributed by atoms with Crippen molar-refractivity contribution in [1.82, 2.24) is 4.90 Å². The molecule has 1 aromatic rings. The van der Waals surface area contributed by atoms with E-state index in [1.165, 1.54) is 0 Å². The zero-order valence-corrected chi connectivity index (χ0v) is 13.2. The van der Waals surface area contributed by atoms with E-state index in [2.05, 4.69) is 12.2 Å². The number of rotatable bonds is 3. The van der Waals surface area contributed by atoms with Gasteiger partial charge in [-0.1, -0.05) is 24.6 Å². The molecule has 114 valence electrons. The van der Waals surface area contributed by atoms with Crippen LogP contribution < -0.4 is 5.32 Å². The van der Waals surface area contributed by atoms with Crippen molar-refractivity contribution in [3.63, 3.8) is 0 Å². The number of hydrogen-bond donors (Lipinski definition) is 1. The van der Waals surface area contributed by atoms with E-state index in [-0.39, 0.29) is 18.2 Å². The van der Waals surface area contributed by atoms with Crippen LogP contribution >= 0.6 is 11.6 Å². The van der Waals surface area contributed by atoms with Crippen LogP contribution in [0.5, 0.6) is 0 Å². The molecule has 5 heteroatoms. The Balaban J connectivity index is 1.89. The number of nitrogens with one attached hydrogen (secondary N) is 1. The maximum Gasteiger partial charge on any atom is 0.233 e. The lowest BCUT2D eigenvalue weighted by atomic mass is 9.99. The molecule has 0 aliphatic carbocycles. The smallest absolute Gasteiger partial charge is 0.233 e. The first-order chi connectivity index (χ1) is 9.95. The van der Waals surface area contributed by atoms with Crippen LogP contribution in [0.15, 0.2) is 18.2 Å². The highest BCUT2D eigenvalue weighted by molar-refractivity contribution is 6.31. The van der Waals surface area contributed by atoms with Crippen molar-refractivity contribution in [2.45, 2.75) is 33.1 Å². The first-order valence-corrected chi connectivity index (χ1v) is 7.67. The number of carbonyl (C=O) groups is 2. The van der Waals surface area contributed by atoms with Crippen LogP contribution in [0.4, 0.5) is 5.69 Å². The van der Waals surface area contributed by atoms with Crippen molar-refractivity contribution >= 4 is 29.1 Å². The Bertz CT molecular complexity index is 537. The molecule has 1 saturated heterocycles. The normalized spacial score (nSPS) is 15.9. The standard InChI is InChI=1S/C16H21ClN2O2/c1-11-5-7-19(8-6-11)16(21)10-15(20)18-14-9-13(17)4-3-12(14)2/h3-4,9,11H,5-8,10H2,1-2H3,(H,18,20). The largest absolute Gasteiger partial charge is 0.342 e. The van der Waals surface area contributed by atoms with Crippen LogP contribution in [0.2, 0.25) is 5.02 Å². The van der Waals surface area contributed by atoms with Crippen LogP contribution in [0, 0.1) is 12.8 Å². The van der Waals surface area contributed by atoms with E-state index in [9.17, 15) is 9.59 Å². The first kappa shape index (κ1) is 15.8. The van der Waals surface area contributed by atoms with Crippen molar-refractivity contribution in [1.29, 1.82) is 0 Å². The Labute approximate surface area is 130 Å². The van der Waals surface area contributed by atoms with Crippen molar-refractivity contribution < 1.29 is 9.59 Å². The number of nitrogens with zero attached hydrogens (tertiary/aromatic N) is 1. The zero-order valence-electron chi connectivity index (χ0n) is 12.5. The topological polar surface area (TPSA) is 49.4 Å². The van der Waals surface area contributed by atoms with Crippen molar-refractivity contribution in [2.75, 3.05) is 18.4 Å². The SMILES string of the molecule is Cc1ccc(Cl)cc1NC(=O)CC(=O)N1CCC(C)CC1. The second-order valence-corrected chi connectivity index (χ2v) is 6.18. The molecule has 0 unspecified atom stereocenters. The second kappa shape index (κ2) is 6.94. The fourth-order valence-corrected chi connectivity index (χ4v) is 2.60. The summed E-state index contributed by atoms with van der Waals surface area (Å²) in [6, 6.07) is 5.31. The van der Waals surface area contributed by atoms with Crippen molar-refractivity contribution in [3.8, 4) is 0 Å². The van der Waals surface area contributed by atoms with E-state index in [0.717, 1.165) is 31.5 Å². The molecule has 1 aliphatic heterocycles. The second-order valence-electron chi connectivity index (χ2n) is 5.75. The highest BCUT2D eigenvalue weighted by Gasteiger charge is 2.22. The maximum atomic E-state index is 12.1. The molecule has 0 atom stereocenters. The number of hydrogen-bond acceptors (Lipinski definition) is 2. The molecule has 1 fully saturated rings. The van der Waals surface area contributed by atoms with Gasteiger partial charge in [-0.05, 0) is 43.4 Å². The van der Waals surface area contributed by atoms with Crippen molar-refractivity contribution in [2.24, 2.45) is 5.92 Å². The molecule has 1 heterocycles. The number of carbonyl (C=O) groups excluding carboxylic acids is 2. The number of likely N-dealkylation sites (tertiary alicyclic amines) is 1. The molecule has 21 heavy (non-hydrogen) atoms. The van der Waals surface area contributed by atoms with Gasteiger partial charge in [-0.2, -0.15) is 0 Å². The van der Waals surface area contributed by atoms with Gasteiger partial charge in [-0.15, -0.1) is 0 Å². The number of piperidine rings is 1. The third kappa shape index (κ3) is 4.46. The lowest BCUT2D eigenvalue weighted by molar-refractivity contribution is -0.135. The van der Waals surface area contributed by atoms with Crippen LogP contribution in [0.25, 0.3) is 0 Å². The summed E-state index contributed by atoms with van der Waals surface area (Å²) in [6.45, 7) is 5.59. The summed E-state index contributed by atoms with van der Waals surface area (Å²) in [5.74, 6) is 0.278. The highest BCUT2D eigenvalue weighted by Crippen LogP contribution is 2.21. The number of benzene rings is 1. The molecule has 1 N–H and O–H groups in total. The van der Waals surface area contributed by atoms with Crippen LogP contribution in [-0.2, 0) is 9.59 Å². The molecule has 0 saturated carbocycles. The summed E-state index contributed by atoms with van der Waals surface area (Å²) >= 11 is 5.91. The van der Waals surface area contributed by atoms with Gasteiger partial charge < -0.3 is 10.2 Å². The lowest BCUT2D eigenvalue weighted by Crippen LogP contribution is -2.39. The number of anilines is 1. The average Bonchev–Trinajstić information content (AvgIpc) is 2.43. The van der Waals surface area contributed by atoms with Crippen LogP contribution in [0.3, 0.4) is 0 Å². The summed E-state index contributed by atoms with van der Waals surface area (Å²) in [6.07, 6.45) is 1.92. The van der Waals surface area contributed by atoms with Gasteiger partial charge in [0.15, 0.2) is 0 Å². The predicted octanol–water partition coefficient (Wildman–Crippen LogP) is 3.24. The first-order valence-electron chi connectivity index (χ1n) is 7.29. The van der Waals surface area contributed by atoms with E-state index in [4.69, 9.17) is 11.6 Å². The summed E-state index contributed by atoms with van der Waals surface area (Å²) in [5.41, 5.74) is 1.58. The molecule has 2 rings (SSSR count). The summed E-state index contributed by atoms with van der Waals surface area (Å²) in [5, 5.41) is 3.32. The number of amides is 2. The van der Waals surface area contributed by atoms with Gasteiger partial charge in [-0.3, -0.25) is 9.59 Å². The molecule has 0 aromatic heterocycles. The Morgan fingerprint density at radius 2 is 2.00 bits per heavy atom. The minimum absolute atomic E-state index is 0.0981. The molecule has 0 radical (unpaired) electrons. The summed E-state index contributed by atoms with van der Waals surface area (Å²) in [7, 11) is 0. The molecule has 0 spiro atoms.